The van der Waals surface area contributed by atoms with Crippen LogP contribution in [-0.2, 0) is 14.3 Å². The van der Waals surface area contributed by atoms with E-state index in [9.17, 15) is 9.59 Å². The van der Waals surface area contributed by atoms with Gasteiger partial charge in [0.2, 0.25) is 0 Å². The maximum atomic E-state index is 12.1. The summed E-state index contributed by atoms with van der Waals surface area (Å²) in [7, 11) is 0. The number of ether oxygens (including phenoxy) is 1. The van der Waals surface area contributed by atoms with Crippen LogP contribution in [0.4, 0.5) is 5.69 Å². The van der Waals surface area contributed by atoms with Crippen molar-refractivity contribution in [3.8, 4) is 0 Å². The highest BCUT2D eigenvalue weighted by atomic mass is 35.5. The molecule has 0 fully saturated rings. The third-order valence-corrected chi connectivity index (χ3v) is 4.38. The first-order valence-corrected chi connectivity index (χ1v) is 9.19. The Hall–Kier alpha value is -3.12. The smallest absolute Gasteiger partial charge is 0.331 e. The monoisotopic (exact) mass is 397 g/mol. The Morgan fingerprint density at radius 2 is 1.96 bits per heavy atom. The number of nitrogens with zero attached hydrogens (tertiary/aromatic N) is 2. The van der Waals surface area contributed by atoms with E-state index < -0.39 is 11.9 Å². The van der Waals surface area contributed by atoms with Gasteiger partial charge < -0.3 is 10.1 Å². The van der Waals surface area contributed by atoms with E-state index in [0.717, 1.165) is 5.56 Å². The third kappa shape index (κ3) is 4.58. The third-order valence-electron chi connectivity index (χ3n) is 4.10. The van der Waals surface area contributed by atoms with Crippen molar-refractivity contribution in [1.29, 1.82) is 0 Å². The molecule has 0 saturated carbocycles. The normalized spacial score (nSPS) is 11.3. The van der Waals surface area contributed by atoms with Gasteiger partial charge in [-0.05, 0) is 35.8 Å². The van der Waals surface area contributed by atoms with Crippen LogP contribution in [0.15, 0.2) is 54.7 Å². The standard InChI is InChI=1S/C21H20ClN3O3/c1-14(2)15-7-3-4-8-16(15)23-19(26)13-28-20(27)11-10-17-21(22)24-18-9-5-6-12-25(17)18/h3-12,14H,13H2,1-2H3,(H,23,26)/b11-10+. The number of esters is 1. The first kappa shape index (κ1) is 19.6. The molecule has 0 saturated heterocycles. The van der Waals surface area contributed by atoms with Crippen molar-refractivity contribution in [2.45, 2.75) is 19.8 Å². The van der Waals surface area contributed by atoms with Crippen molar-refractivity contribution < 1.29 is 14.3 Å². The molecule has 0 radical (unpaired) electrons. The Kier molecular flexibility index (Phi) is 6.11. The quantitative estimate of drug-likeness (QED) is 0.497. The molecule has 0 bridgehead atoms. The lowest BCUT2D eigenvalue weighted by atomic mass is 10.0. The van der Waals surface area contributed by atoms with Gasteiger partial charge in [-0.2, -0.15) is 0 Å². The number of hydrogen-bond acceptors (Lipinski definition) is 4. The Morgan fingerprint density at radius 3 is 2.75 bits per heavy atom. The lowest BCUT2D eigenvalue weighted by molar-refractivity contribution is -0.142. The molecule has 0 aliphatic rings. The van der Waals surface area contributed by atoms with Gasteiger partial charge in [0.15, 0.2) is 11.8 Å². The van der Waals surface area contributed by atoms with Crippen molar-refractivity contribution in [1.82, 2.24) is 9.38 Å². The van der Waals surface area contributed by atoms with Crippen LogP contribution in [0.3, 0.4) is 0 Å². The van der Waals surface area contributed by atoms with Gasteiger partial charge in [-0.1, -0.05) is 49.7 Å². The highest BCUT2D eigenvalue weighted by Crippen LogP contribution is 2.23. The topological polar surface area (TPSA) is 72.7 Å². The van der Waals surface area contributed by atoms with Gasteiger partial charge in [-0.15, -0.1) is 0 Å². The van der Waals surface area contributed by atoms with Gasteiger partial charge in [0.05, 0.1) is 5.69 Å². The first-order valence-electron chi connectivity index (χ1n) is 8.82. The molecule has 144 valence electrons. The molecule has 2 heterocycles. The molecule has 6 nitrogen and oxygen atoms in total. The van der Waals surface area contributed by atoms with E-state index in [1.54, 1.807) is 16.7 Å². The largest absolute Gasteiger partial charge is 0.452 e. The zero-order valence-corrected chi connectivity index (χ0v) is 16.3. The first-order chi connectivity index (χ1) is 13.5. The van der Waals surface area contributed by atoms with Gasteiger partial charge in [-0.3, -0.25) is 9.20 Å². The van der Waals surface area contributed by atoms with Crippen molar-refractivity contribution in [3.63, 3.8) is 0 Å². The predicted molar refractivity (Wildman–Crippen MR) is 109 cm³/mol. The van der Waals surface area contributed by atoms with Gasteiger partial charge in [-0.25, -0.2) is 9.78 Å². The number of carbonyl (C=O) groups is 2. The number of pyridine rings is 1. The van der Waals surface area contributed by atoms with Gasteiger partial charge in [0.25, 0.3) is 5.91 Å². The summed E-state index contributed by atoms with van der Waals surface area (Å²) in [5, 5.41) is 3.05. The summed E-state index contributed by atoms with van der Waals surface area (Å²) >= 11 is 6.11. The number of halogens is 1. The number of hydrogen-bond donors (Lipinski definition) is 1. The summed E-state index contributed by atoms with van der Waals surface area (Å²) in [5.41, 5.74) is 2.96. The maximum absolute atomic E-state index is 12.1. The molecular weight excluding hydrogens is 378 g/mol. The average Bonchev–Trinajstić information content (AvgIpc) is 3.00. The van der Waals surface area contributed by atoms with E-state index in [-0.39, 0.29) is 17.7 Å². The number of fused-ring (bicyclic) bond motifs is 1. The fourth-order valence-electron chi connectivity index (χ4n) is 2.77. The van der Waals surface area contributed by atoms with Crippen molar-refractivity contribution in [3.05, 3.63) is 71.1 Å². The van der Waals surface area contributed by atoms with Crippen LogP contribution >= 0.6 is 11.6 Å². The van der Waals surface area contributed by atoms with Crippen LogP contribution in [0.1, 0.15) is 31.0 Å². The summed E-state index contributed by atoms with van der Waals surface area (Å²) in [6, 6.07) is 13.0. The molecule has 7 heteroatoms. The van der Waals surface area contributed by atoms with Crippen molar-refractivity contribution >= 4 is 40.9 Å². The Morgan fingerprint density at radius 1 is 1.21 bits per heavy atom. The van der Waals surface area contributed by atoms with E-state index in [0.29, 0.717) is 17.0 Å². The molecule has 1 aromatic carbocycles. The Labute approximate surface area is 167 Å². The van der Waals surface area contributed by atoms with Crippen LogP contribution in [0.2, 0.25) is 5.15 Å². The average molecular weight is 398 g/mol. The summed E-state index contributed by atoms with van der Waals surface area (Å²) in [5.74, 6) is -0.783. The number of nitrogens with one attached hydrogen (secondary N) is 1. The maximum Gasteiger partial charge on any atom is 0.331 e. The second kappa shape index (κ2) is 8.71. The molecule has 28 heavy (non-hydrogen) atoms. The second-order valence-corrected chi connectivity index (χ2v) is 6.81. The molecule has 1 amide bonds. The van der Waals surface area contributed by atoms with E-state index in [1.165, 1.54) is 12.2 Å². The predicted octanol–water partition coefficient (Wildman–Crippen LogP) is 4.31. The number of imidazole rings is 1. The van der Waals surface area contributed by atoms with Crippen LogP contribution in [0.25, 0.3) is 11.7 Å². The number of carbonyl (C=O) groups excluding carboxylic acids is 2. The SMILES string of the molecule is CC(C)c1ccccc1NC(=O)COC(=O)/C=C/c1c(Cl)nc2ccccn12. The summed E-state index contributed by atoms with van der Waals surface area (Å²) in [6.07, 6.45) is 4.52. The minimum Gasteiger partial charge on any atom is -0.452 e. The van der Waals surface area contributed by atoms with Gasteiger partial charge in [0.1, 0.15) is 5.65 Å². The molecule has 0 aliphatic heterocycles. The molecule has 0 atom stereocenters. The minimum absolute atomic E-state index is 0.261. The van der Waals surface area contributed by atoms with Crippen LogP contribution in [-0.4, -0.2) is 27.9 Å². The summed E-state index contributed by atoms with van der Waals surface area (Å²) in [4.78, 5) is 28.3. The van der Waals surface area contributed by atoms with E-state index in [2.05, 4.69) is 10.3 Å². The molecule has 1 N–H and O–H groups in total. The molecule has 0 unspecified atom stereocenters. The molecular formula is C21H20ClN3O3. The number of amides is 1. The number of benzene rings is 1. The van der Waals surface area contributed by atoms with Crippen LogP contribution in [0.5, 0.6) is 0 Å². The number of rotatable bonds is 6. The number of aromatic nitrogens is 2. The number of para-hydroxylation sites is 1. The van der Waals surface area contributed by atoms with Crippen LogP contribution in [0, 0.1) is 0 Å². The summed E-state index contributed by atoms with van der Waals surface area (Å²) < 4.78 is 6.77. The fourth-order valence-corrected chi connectivity index (χ4v) is 3.01. The zero-order chi connectivity index (χ0) is 20.1. The number of anilines is 1. The zero-order valence-electron chi connectivity index (χ0n) is 15.6. The second-order valence-electron chi connectivity index (χ2n) is 6.45. The molecule has 3 aromatic rings. The Bertz CT molecular complexity index is 1040. The molecule has 0 spiro atoms. The lowest BCUT2D eigenvalue weighted by Crippen LogP contribution is -2.21. The highest BCUT2D eigenvalue weighted by Gasteiger charge is 2.11. The van der Waals surface area contributed by atoms with Gasteiger partial charge >= 0.3 is 5.97 Å². The van der Waals surface area contributed by atoms with E-state index >= 15 is 0 Å². The van der Waals surface area contributed by atoms with E-state index in [1.807, 2.05) is 50.2 Å². The Balaban J connectivity index is 1.59. The molecule has 2 aromatic heterocycles. The summed E-state index contributed by atoms with van der Waals surface area (Å²) in [6.45, 7) is 3.71. The molecule has 0 aliphatic carbocycles. The minimum atomic E-state index is -0.644. The van der Waals surface area contributed by atoms with Crippen molar-refractivity contribution in [2.24, 2.45) is 0 Å². The highest BCUT2D eigenvalue weighted by molar-refractivity contribution is 6.31. The van der Waals surface area contributed by atoms with Crippen molar-refractivity contribution in [2.75, 3.05) is 11.9 Å². The van der Waals surface area contributed by atoms with E-state index in [4.69, 9.17) is 16.3 Å². The van der Waals surface area contributed by atoms with Gasteiger partial charge in [0, 0.05) is 18.0 Å². The fraction of sp³-hybridized carbons (Fsp3) is 0.190. The van der Waals surface area contributed by atoms with Crippen LogP contribution < -0.4 is 5.32 Å². The lowest BCUT2D eigenvalue weighted by Gasteiger charge is -2.13. The molecule has 3 rings (SSSR count).